The Balaban J connectivity index is 1.84. The standard InChI is InChI=1S/C23H23N/c1-16-9-5-8-12-22(16)24(4)17-13-14-19-18-10-6-7-11-20(18)23(2,3)21(19)15-17/h5-15H,1-4H3. The number of aryl methyl sites for hydroxylation is 1. The highest BCUT2D eigenvalue weighted by molar-refractivity contribution is 5.83. The summed E-state index contributed by atoms with van der Waals surface area (Å²) in [5, 5.41) is 0. The largest absolute Gasteiger partial charge is 0.344 e. The van der Waals surface area contributed by atoms with Gasteiger partial charge < -0.3 is 4.90 Å². The summed E-state index contributed by atoms with van der Waals surface area (Å²) in [5.74, 6) is 0. The molecule has 3 aromatic carbocycles. The topological polar surface area (TPSA) is 3.24 Å². The van der Waals surface area contributed by atoms with Crippen molar-refractivity contribution in [1.82, 2.24) is 0 Å². The maximum absolute atomic E-state index is 2.36. The van der Waals surface area contributed by atoms with Gasteiger partial charge in [0, 0.05) is 23.8 Å². The molecule has 1 aliphatic rings. The van der Waals surface area contributed by atoms with Crippen LogP contribution in [0.25, 0.3) is 11.1 Å². The summed E-state index contributed by atoms with van der Waals surface area (Å²) < 4.78 is 0. The Morgan fingerprint density at radius 3 is 2.21 bits per heavy atom. The van der Waals surface area contributed by atoms with Gasteiger partial charge in [0.1, 0.15) is 0 Å². The monoisotopic (exact) mass is 313 g/mol. The van der Waals surface area contributed by atoms with Gasteiger partial charge in [-0.1, -0.05) is 62.4 Å². The average molecular weight is 313 g/mol. The van der Waals surface area contributed by atoms with Crippen molar-refractivity contribution in [3.8, 4) is 11.1 Å². The van der Waals surface area contributed by atoms with Crippen LogP contribution in [0.4, 0.5) is 11.4 Å². The number of para-hydroxylation sites is 1. The highest BCUT2D eigenvalue weighted by Crippen LogP contribution is 2.49. The van der Waals surface area contributed by atoms with Gasteiger partial charge in [0.15, 0.2) is 0 Å². The predicted octanol–water partition coefficient (Wildman–Crippen LogP) is 6.07. The van der Waals surface area contributed by atoms with E-state index in [0.29, 0.717) is 0 Å². The number of hydrogen-bond acceptors (Lipinski definition) is 1. The third-order valence-electron chi connectivity index (χ3n) is 5.43. The molecular weight excluding hydrogens is 290 g/mol. The van der Waals surface area contributed by atoms with E-state index in [0.717, 1.165) is 0 Å². The minimum absolute atomic E-state index is 0.0501. The molecular formula is C23H23N. The van der Waals surface area contributed by atoms with Gasteiger partial charge in [-0.2, -0.15) is 0 Å². The fraction of sp³-hybridized carbons (Fsp3) is 0.217. The van der Waals surface area contributed by atoms with E-state index in [2.05, 4.69) is 99.4 Å². The first kappa shape index (κ1) is 15.0. The van der Waals surface area contributed by atoms with Crippen molar-refractivity contribution in [2.45, 2.75) is 26.2 Å². The lowest BCUT2D eigenvalue weighted by molar-refractivity contribution is 0.660. The Kier molecular flexibility index (Phi) is 3.28. The molecule has 4 rings (SSSR count). The van der Waals surface area contributed by atoms with Gasteiger partial charge in [-0.15, -0.1) is 0 Å². The summed E-state index contributed by atoms with van der Waals surface area (Å²) in [7, 11) is 2.15. The minimum atomic E-state index is 0.0501. The quantitative estimate of drug-likeness (QED) is 0.555. The molecule has 0 N–H and O–H groups in total. The zero-order valence-electron chi connectivity index (χ0n) is 14.8. The molecule has 24 heavy (non-hydrogen) atoms. The lowest BCUT2D eigenvalue weighted by Crippen LogP contribution is -2.16. The first-order valence-electron chi connectivity index (χ1n) is 8.54. The van der Waals surface area contributed by atoms with Crippen molar-refractivity contribution in [3.05, 3.63) is 83.4 Å². The fourth-order valence-electron chi connectivity index (χ4n) is 3.98. The molecule has 0 saturated heterocycles. The van der Waals surface area contributed by atoms with Gasteiger partial charge in [0.2, 0.25) is 0 Å². The highest BCUT2D eigenvalue weighted by Gasteiger charge is 2.35. The van der Waals surface area contributed by atoms with Crippen LogP contribution < -0.4 is 4.90 Å². The summed E-state index contributed by atoms with van der Waals surface area (Å²) >= 11 is 0. The number of nitrogens with zero attached hydrogens (tertiary/aromatic N) is 1. The number of benzene rings is 3. The third-order valence-corrected chi connectivity index (χ3v) is 5.43. The summed E-state index contributed by atoms with van der Waals surface area (Å²) in [4.78, 5) is 2.29. The van der Waals surface area contributed by atoms with E-state index in [4.69, 9.17) is 0 Å². The minimum Gasteiger partial charge on any atom is -0.344 e. The van der Waals surface area contributed by atoms with Crippen LogP contribution in [0.2, 0.25) is 0 Å². The Bertz CT molecular complexity index is 921. The number of anilines is 2. The second-order valence-corrected chi connectivity index (χ2v) is 7.25. The van der Waals surface area contributed by atoms with Crippen LogP contribution in [0.1, 0.15) is 30.5 Å². The van der Waals surface area contributed by atoms with Crippen molar-refractivity contribution >= 4 is 11.4 Å². The Hall–Kier alpha value is -2.54. The maximum atomic E-state index is 2.36. The molecule has 1 nitrogen and oxygen atoms in total. The van der Waals surface area contributed by atoms with Crippen LogP contribution in [0.5, 0.6) is 0 Å². The lowest BCUT2D eigenvalue weighted by atomic mass is 9.82. The predicted molar refractivity (Wildman–Crippen MR) is 103 cm³/mol. The van der Waals surface area contributed by atoms with E-state index < -0.39 is 0 Å². The molecule has 0 unspecified atom stereocenters. The third kappa shape index (κ3) is 2.08. The normalized spacial score (nSPS) is 14.2. The zero-order valence-corrected chi connectivity index (χ0v) is 14.8. The van der Waals surface area contributed by atoms with Gasteiger partial charge in [-0.25, -0.2) is 0 Å². The van der Waals surface area contributed by atoms with Crippen LogP contribution in [-0.2, 0) is 5.41 Å². The molecule has 0 bridgehead atoms. The van der Waals surface area contributed by atoms with Crippen LogP contribution >= 0.6 is 0 Å². The number of hydrogen-bond donors (Lipinski definition) is 0. The Morgan fingerprint density at radius 1 is 0.750 bits per heavy atom. The molecule has 1 aliphatic carbocycles. The molecule has 0 spiro atoms. The lowest BCUT2D eigenvalue weighted by Gasteiger charge is -2.25. The SMILES string of the molecule is Cc1ccccc1N(C)c1ccc2c(c1)C(C)(C)c1ccccc1-2. The second-order valence-electron chi connectivity index (χ2n) is 7.25. The van der Waals surface area contributed by atoms with Crippen LogP contribution in [0.15, 0.2) is 66.7 Å². The number of fused-ring (bicyclic) bond motifs is 3. The van der Waals surface area contributed by atoms with Gasteiger partial charge in [0.05, 0.1) is 0 Å². The van der Waals surface area contributed by atoms with E-state index in [-0.39, 0.29) is 5.41 Å². The summed E-state index contributed by atoms with van der Waals surface area (Å²) in [6.45, 7) is 6.82. The van der Waals surface area contributed by atoms with Crippen molar-refractivity contribution in [2.24, 2.45) is 0 Å². The summed E-state index contributed by atoms with van der Waals surface area (Å²) in [5.41, 5.74) is 9.43. The zero-order chi connectivity index (χ0) is 16.9. The molecule has 3 aromatic rings. The summed E-state index contributed by atoms with van der Waals surface area (Å²) in [6, 6.07) is 24.2. The maximum Gasteiger partial charge on any atom is 0.0437 e. The first-order chi connectivity index (χ1) is 11.5. The molecule has 0 aromatic heterocycles. The molecule has 0 amide bonds. The first-order valence-corrected chi connectivity index (χ1v) is 8.54. The average Bonchev–Trinajstić information content (AvgIpc) is 2.83. The van der Waals surface area contributed by atoms with E-state index >= 15 is 0 Å². The van der Waals surface area contributed by atoms with E-state index in [9.17, 15) is 0 Å². The van der Waals surface area contributed by atoms with E-state index in [1.165, 1.54) is 39.2 Å². The fourth-order valence-corrected chi connectivity index (χ4v) is 3.98. The van der Waals surface area contributed by atoms with Gasteiger partial charge in [0.25, 0.3) is 0 Å². The Labute approximate surface area is 144 Å². The Morgan fingerprint density at radius 2 is 1.42 bits per heavy atom. The van der Waals surface area contributed by atoms with Crippen LogP contribution in [0, 0.1) is 6.92 Å². The van der Waals surface area contributed by atoms with Crippen molar-refractivity contribution in [2.75, 3.05) is 11.9 Å². The van der Waals surface area contributed by atoms with Crippen molar-refractivity contribution in [3.63, 3.8) is 0 Å². The molecule has 0 fully saturated rings. The van der Waals surface area contributed by atoms with Crippen LogP contribution in [-0.4, -0.2) is 7.05 Å². The number of rotatable bonds is 2. The van der Waals surface area contributed by atoms with Gasteiger partial charge >= 0.3 is 0 Å². The van der Waals surface area contributed by atoms with Crippen molar-refractivity contribution < 1.29 is 0 Å². The van der Waals surface area contributed by atoms with E-state index in [1.807, 2.05) is 0 Å². The molecule has 120 valence electrons. The van der Waals surface area contributed by atoms with Crippen molar-refractivity contribution in [1.29, 1.82) is 0 Å². The van der Waals surface area contributed by atoms with Gasteiger partial charge in [-0.05, 0) is 52.9 Å². The highest BCUT2D eigenvalue weighted by atomic mass is 15.1. The summed E-state index contributed by atoms with van der Waals surface area (Å²) in [6.07, 6.45) is 0. The van der Waals surface area contributed by atoms with Gasteiger partial charge in [-0.3, -0.25) is 0 Å². The molecule has 1 heteroatoms. The van der Waals surface area contributed by atoms with Crippen LogP contribution in [0.3, 0.4) is 0 Å². The molecule has 0 aliphatic heterocycles. The molecule has 0 heterocycles. The molecule has 0 saturated carbocycles. The molecule has 0 atom stereocenters. The smallest absolute Gasteiger partial charge is 0.0437 e. The second kappa shape index (κ2) is 5.24. The molecule has 0 radical (unpaired) electrons. The van der Waals surface area contributed by atoms with E-state index in [1.54, 1.807) is 0 Å².